The summed E-state index contributed by atoms with van der Waals surface area (Å²) >= 11 is 0. The number of urea groups is 1. The number of likely N-dealkylation sites (tertiary alicyclic amines) is 1. The van der Waals surface area contributed by atoms with Crippen LogP contribution in [-0.2, 0) is 11.2 Å². The van der Waals surface area contributed by atoms with Crippen LogP contribution in [0.5, 0.6) is 0 Å². The Kier molecular flexibility index (Phi) is 6.31. The zero-order valence-corrected chi connectivity index (χ0v) is 14.9. The van der Waals surface area contributed by atoms with Crippen molar-refractivity contribution in [3.63, 3.8) is 0 Å². The summed E-state index contributed by atoms with van der Waals surface area (Å²) in [6.07, 6.45) is 7.67. The van der Waals surface area contributed by atoms with E-state index in [1.165, 1.54) is 18.4 Å². The first-order chi connectivity index (χ1) is 12.2. The van der Waals surface area contributed by atoms with Crippen molar-refractivity contribution >= 4 is 11.9 Å². The summed E-state index contributed by atoms with van der Waals surface area (Å²) in [6.45, 7) is 1.48. The van der Waals surface area contributed by atoms with E-state index in [1.807, 2.05) is 23.1 Å². The minimum Gasteiger partial charge on any atom is -0.343 e. The first kappa shape index (κ1) is 17.8. The molecule has 0 unspecified atom stereocenters. The molecule has 1 saturated carbocycles. The Morgan fingerprint density at radius 2 is 1.52 bits per heavy atom. The molecule has 2 aliphatic rings. The van der Waals surface area contributed by atoms with Gasteiger partial charge < -0.3 is 15.5 Å². The maximum Gasteiger partial charge on any atom is 0.315 e. The molecule has 5 nitrogen and oxygen atoms in total. The summed E-state index contributed by atoms with van der Waals surface area (Å²) in [4.78, 5) is 26.3. The highest BCUT2D eigenvalue weighted by Crippen LogP contribution is 2.18. The second kappa shape index (κ2) is 8.88. The molecule has 1 heterocycles. The van der Waals surface area contributed by atoms with Crippen molar-refractivity contribution in [2.75, 3.05) is 13.1 Å². The van der Waals surface area contributed by atoms with E-state index < -0.39 is 0 Å². The first-order valence-corrected chi connectivity index (χ1v) is 9.59. The fourth-order valence-electron chi connectivity index (χ4n) is 3.81. The van der Waals surface area contributed by atoms with E-state index in [-0.39, 0.29) is 18.0 Å². The Morgan fingerprint density at radius 3 is 2.16 bits per heavy atom. The van der Waals surface area contributed by atoms with E-state index in [0.29, 0.717) is 12.5 Å². The van der Waals surface area contributed by atoms with Crippen molar-refractivity contribution in [1.82, 2.24) is 15.5 Å². The monoisotopic (exact) mass is 343 g/mol. The van der Waals surface area contributed by atoms with E-state index in [4.69, 9.17) is 0 Å². The van der Waals surface area contributed by atoms with E-state index >= 15 is 0 Å². The largest absolute Gasteiger partial charge is 0.343 e. The minimum absolute atomic E-state index is 0.0410. The van der Waals surface area contributed by atoms with Crippen LogP contribution in [0.25, 0.3) is 0 Å². The number of aryl methyl sites for hydroxylation is 1. The summed E-state index contributed by atoms with van der Waals surface area (Å²) < 4.78 is 0. The molecule has 5 heteroatoms. The molecule has 0 aromatic heterocycles. The lowest BCUT2D eigenvalue weighted by atomic mass is 10.0. The van der Waals surface area contributed by atoms with Crippen LogP contribution in [0.4, 0.5) is 4.79 Å². The number of hydrogen-bond acceptors (Lipinski definition) is 2. The predicted molar refractivity (Wildman–Crippen MR) is 98.3 cm³/mol. The third-order valence-electron chi connectivity index (χ3n) is 5.34. The second-order valence-electron chi connectivity index (χ2n) is 7.24. The maximum atomic E-state index is 12.4. The van der Waals surface area contributed by atoms with Crippen LogP contribution in [-0.4, -0.2) is 42.0 Å². The summed E-state index contributed by atoms with van der Waals surface area (Å²) in [5, 5.41) is 6.14. The molecule has 2 N–H and O–H groups in total. The van der Waals surface area contributed by atoms with Crippen LogP contribution in [0.15, 0.2) is 30.3 Å². The molecule has 25 heavy (non-hydrogen) atoms. The van der Waals surface area contributed by atoms with Gasteiger partial charge >= 0.3 is 6.03 Å². The number of carbonyl (C=O) groups is 2. The normalized spacial score (nSPS) is 19.0. The number of piperidine rings is 1. The van der Waals surface area contributed by atoms with Gasteiger partial charge in [-0.3, -0.25) is 4.79 Å². The number of benzene rings is 1. The highest BCUT2D eigenvalue weighted by molar-refractivity contribution is 5.77. The molecule has 0 radical (unpaired) electrons. The molecule has 1 aromatic rings. The van der Waals surface area contributed by atoms with Gasteiger partial charge in [-0.15, -0.1) is 0 Å². The molecule has 1 saturated heterocycles. The quantitative estimate of drug-likeness (QED) is 0.863. The second-order valence-corrected chi connectivity index (χ2v) is 7.24. The van der Waals surface area contributed by atoms with Crippen LogP contribution in [0.2, 0.25) is 0 Å². The molecule has 1 aliphatic heterocycles. The fourth-order valence-corrected chi connectivity index (χ4v) is 3.81. The van der Waals surface area contributed by atoms with E-state index in [9.17, 15) is 9.59 Å². The smallest absolute Gasteiger partial charge is 0.315 e. The molecule has 1 aliphatic carbocycles. The fraction of sp³-hybridized carbons (Fsp3) is 0.600. The molecule has 3 rings (SSSR count). The zero-order valence-electron chi connectivity index (χ0n) is 14.9. The Bertz CT molecular complexity index is 562. The van der Waals surface area contributed by atoms with Gasteiger partial charge in [0.2, 0.25) is 5.91 Å². The van der Waals surface area contributed by atoms with Gasteiger partial charge in [0.1, 0.15) is 0 Å². The number of rotatable bonds is 5. The molecule has 2 fully saturated rings. The molecular formula is C20H29N3O2. The van der Waals surface area contributed by atoms with Crippen LogP contribution in [0, 0.1) is 0 Å². The zero-order chi connectivity index (χ0) is 17.5. The molecule has 1 aromatic carbocycles. The van der Waals surface area contributed by atoms with E-state index in [2.05, 4.69) is 22.8 Å². The van der Waals surface area contributed by atoms with Gasteiger partial charge in [0.25, 0.3) is 0 Å². The van der Waals surface area contributed by atoms with Gasteiger partial charge in [-0.1, -0.05) is 43.2 Å². The lowest BCUT2D eigenvalue weighted by Gasteiger charge is -2.32. The summed E-state index contributed by atoms with van der Waals surface area (Å²) in [7, 11) is 0. The van der Waals surface area contributed by atoms with Gasteiger partial charge in [0.05, 0.1) is 0 Å². The van der Waals surface area contributed by atoms with Crippen LogP contribution >= 0.6 is 0 Å². The maximum absolute atomic E-state index is 12.4. The highest BCUT2D eigenvalue weighted by atomic mass is 16.2. The van der Waals surface area contributed by atoms with Crippen LogP contribution in [0.3, 0.4) is 0 Å². The van der Waals surface area contributed by atoms with Gasteiger partial charge in [0.15, 0.2) is 0 Å². The molecule has 0 atom stereocenters. The topological polar surface area (TPSA) is 61.4 Å². The standard InChI is InChI=1S/C20H29N3O2/c24-19(11-10-16-6-2-1-3-7-16)23-14-12-18(13-15-23)22-20(25)21-17-8-4-5-9-17/h1-3,6-7,17-18H,4-5,8-15H2,(H2,21,22,25). The number of amides is 3. The molecule has 3 amide bonds. The summed E-state index contributed by atoms with van der Waals surface area (Å²) in [6, 6.07) is 10.6. The minimum atomic E-state index is -0.0410. The number of hydrogen-bond donors (Lipinski definition) is 2. The van der Waals surface area contributed by atoms with E-state index in [1.54, 1.807) is 0 Å². The molecule has 0 spiro atoms. The van der Waals surface area contributed by atoms with Crippen molar-refractivity contribution in [2.45, 2.75) is 63.5 Å². The Morgan fingerprint density at radius 1 is 0.920 bits per heavy atom. The molecule has 0 bridgehead atoms. The third-order valence-corrected chi connectivity index (χ3v) is 5.34. The van der Waals surface area contributed by atoms with Gasteiger partial charge in [-0.2, -0.15) is 0 Å². The van der Waals surface area contributed by atoms with Crippen molar-refractivity contribution in [3.05, 3.63) is 35.9 Å². The van der Waals surface area contributed by atoms with E-state index in [0.717, 1.165) is 45.2 Å². The molecule has 136 valence electrons. The highest BCUT2D eigenvalue weighted by Gasteiger charge is 2.24. The number of nitrogens with one attached hydrogen (secondary N) is 2. The lowest BCUT2D eigenvalue weighted by Crippen LogP contribution is -2.50. The average Bonchev–Trinajstić information content (AvgIpc) is 3.14. The van der Waals surface area contributed by atoms with Crippen molar-refractivity contribution < 1.29 is 9.59 Å². The van der Waals surface area contributed by atoms with Gasteiger partial charge in [-0.05, 0) is 37.7 Å². The third kappa shape index (κ3) is 5.48. The Hall–Kier alpha value is -2.04. The summed E-state index contributed by atoms with van der Waals surface area (Å²) in [5.41, 5.74) is 1.20. The Balaban J connectivity index is 1.34. The first-order valence-electron chi connectivity index (χ1n) is 9.59. The van der Waals surface area contributed by atoms with Crippen molar-refractivity contribution in [1.29, 1.82) is 0 Å². The predicted octanol–water partition coefficient (Wildman–Crippen LogP) is 2.85. The van der Waals surface area contributed by atoms with Crippen molar-refractivity contribution in [2.24, 2.45) is 0 Å². The lowest BCUT2D eigenvalue weighted by molar-refractivity contribution is -0.132. The number of carbonyl (C=O) groups excluding carboxylic acids is 2. The SMILES string of the molecule is O=C(NC1CCCC1)NC1CCN(C(=O)CCc2ccccc2)CC1. The van der Waals surface area contributed by atoms with Gasteiger partial charge in [0, 0.05) is 31.6 Å². The average molecular weight is 343 g/mol. The van der Waals surface area contributed by atoms with Crippen molar-refractivity contribution in [3.8, 4) is 0 Å². The summed E-state index contributed by atoms with van der Waals surface area (Å²) in [5.74, 6) is 0.220. The van der Waals surface area contributed by atoms with Crippen LogP contribution in [0.1, 0.15) is 50.5 Å². The van der Waals surface area contributed by atoms with Crippen LogP contribution < -0.4 is 10.6 Å². The van der Waals surface area contributed by atoms with Gasteiger partial charge in [-0.25, -0.2) is 4.79 Å². The number of nitrogens with zero attached hydrogens (tertiary/aromatic N) is 1. The Labute approximate surface area is 150 Å². The molecular weight excluding hydrogens is 314 g/mol.